The van der Waals surface area contributed by atoms with Crippen LogP contribution in [-0.2, 0) is 9.59 Å². The van der Waals surface area contributed by atoms with Crippen LogP contribution in [0.5, 0.6) is 0 Å². The third-order valence-corrected chi connectivity index (χ3v) is 2.54. The maximum atomic E-state index is 11.0. The number of carboxylic acid groups (broad SMARTS) is 2. The fraction of sp³-hybridized carbons (Fsp3) is 0.778. The summed E-state index contributed by atoms with van der Waals surface area (Å²) >= 11 is 0. The molecule has 0 saturated carbocycles. The van der Waals surface area contributed by atoms with E-state index in [0.29, 0.717) is 0 Å². The third kappa shape index (κ3) is 2.31. The molecule has 0 heterocycles. The molecular weight excluding hydrogens is 179 g/mol. The fourth-order valence-electron chi connectivity index (χ4n) is 1.57. The molecule has 0 unspecified atom stereocenters. The van der Waals surface area contributed by atoms with Crippen molar-refractivity contribution in [1.29, 1.82) is 0 Å². The van der Waals surface area contributed by atoms with Crippen molar-refractivity contribution in [3.05, 3.63) is 0 Å². The summed E-state index contributed by atoms with van der Waals surface area (Å²) in [5.41, 5.74) is -2.48. The Bertz CT molecular complexity index is 215. The van der Waals surface area contributed by atoms with Gasteiger partial charge >= 0.3 is 30.8 Å². The van der Waals surface area contributed by atoms with Crippen LogP contribution < -0.4 is 0 Å². The van der Waals surface area contributed by atoms with E-state index in [-0.39, 0.29) is 25.3 Å². The second-order valence-corrected chi connectivity index (χ2v) is 4.12. The second-order valence-electron chi connectivity index (χ2n) is 4.12. The molecule has 5 heteroatoms. The Labute approximate surface area is 95.9 Å². The van der Waals surface area contributed by atoms with Crippen LogP contribution in [0.4, 0.5) is 0 Å². The zero-order valence-corrected chi connectivity index (χ0v) is 8.42. The van der Waals surface area contributed by atoms with Gasteiger partial charge in [-0.05, 0) is 11.8 Å². The summed E-state index contributed by atoms with van der Waals surface area (Å²) in [5.74, 6) is -2.54. The SMILES string of the molecule is CCC(C(=O)O)(C(=O)O)C(C)(C)C.[LiH]. The number of aliphatic carboxylic acids is 2. The predicted octanol–water partition coefficient (Wildman–Crippen LogP) is 0.950. The van der Waals surface area contributed by atoms with E-state index in [4.69, 9.17) is 10.2 Å². The maximum absolute atomic E-state index is 11.0. The number of carbonyl (C=O) groups is 2. The van der Waals surface area contributed by atoms with Crippen molar-refractivity contribution in [2.24, 2.45) is 10.8 Å². The second kappa shape index (κ2) is 4.86. The Balaban J connectivity index is 0. The minimum absolute atomic E-state index is 0. The van der Waals surface area contributed by atoms with E-state index in [2.05, 4.69) is 0 Å². The first-order valence-electron chi connectivity index (χ1n) is 4.17. The first kappa shape index (κ1) is 16.0. The quantitative estimate of drug-likeness (QED) is 0.520. The van der Waals surface area contributed by atoms with E-state index < -0.39 is 22.8 Å². The van der Waals surface area contributed by atoms with Gasteiger partial charge in [0.2, 0.25) is 0 Å². The van der Waals surface area contributed by atoms with E-state index in [1.807, 2.05) is 0 Å². The molecule has 0 aliphatic carbocycles. The first-order chi connectivity index (χ1) is 5.70. The van der Waals surface area contributed by atoms with Crippen molar-refractivity contribution < 1.29 is 19.8 Å². The molecular formula is C9H17LiO4. The Morgan fingerprint density at radius 3 is 1.36 bits per heavy atom. The van der Waals surface area contributed by atoms with Crippen molar-refractivity contribution >= 4 is 30.8 Å². The van der Waals surface area contributed by atoms with Gasteiger partial charge in [0.15, 0.2) is 5.41 Å². The predicted molar refractivity (Wildman–Crippen MR) is 54.6 cm³/mol. The molecule has 0 aromatic carbocycles. The van der Waals surface area contributed by atoms with Crippen LogP contribution in [0.3, 0.4) is 0 Å². The van der Waals surface area contributed by atoms with Crippen LogP contribution >= 0.6 is 0 Å². The zero-order valence-electron chi connectivity index (χ0n) is 8.42. The molecule has 0 atom stereocenters. The topological polar surface area (TPSA) is 74.6 Å². The summed E-state index contributed by atoms with van der Waals surface area (Å²) in [5, 5.41) is 17.9. The molecule has 0 fully saturated rings. The van der Waals surface area contributed by atoms with E-state index >= 15 is 0 Å². The molecule has 78 valence electrons. The summed E-state index contributed by atoms with van der Waals surface area (Å²) in [6, 6.07) is 0. The van der Waals surface area contributed by atoms with Gasteiger partial charge in [-0.15, -0.1) is 0 Å². The molecule has 2 N–H and O–H groups in total. The van der Waals surface area contributed by atoms with Gasteiger partial charge in [-0.3, -0.25) is 9.59 Å². The number of carboxylic acids is 2. The van der Waals surface area contributed by atoms with Crippen molar-refractivity contribution in [1.82, 2.24) is 0 Å². The van der Waals surface area contributed by atoms with Gasteiger partial charge in [-0.25, -0.2) is 0 Å². The van der Waals surface area contributed by atoms with Crippen LogP contribution in [0.2, 0.25) is 0 Å². The molecule has 0 saturated heterocycles. The van der Waals surface area contributed by atoms with Gasteiger partial charge in [0.25, 0.3) is 0 Å². The number of hydrogen-bond donors (Lipinski definition) is 2. The molecule has 14 heavy (non-hydrogen) atoms. The van der Waals surface area contributed by atoms with Crippen LogP contribution in [-0.4, -0.2) is 41.0 Å². The van der Waals surface area contributed by atoms with Crippen LogP contribution in [0.25, 0.3) is 0 Å². The molecule has 0 amide bonds. The molecule has 0 rings (SSSR count). The average Bonchev–Trinajstić information content (AvgIpc) is 1.83. The summed E-state index contributed by atoms with van der Waals surface area (Å²) < 4.78 is 0. The Hall–Kier alpha value is -0.463. The van der Waals surface area contributed by atoms with Crippen LogP contribution in [0.15, 0.2) is 0 Å². The zero-order chi connectivity index (χ0) is 10.9. The molecule has 0 aliphatic rings. The summed E-state index contributed by atoms with van der Waals surface area (Å²) in [6.07, 6.45) is 0.0845. The van der Waals surface area contributed by atoms with Crippen molar-refractivity contribution in [2.45, 2.75) is 34.1 Å². The monoisotopic (exact) mass is 196 g/mol. The molecule has 0 spiro atoms. The van der Waals surface area contributed by atoms with E-state index in [1.54, 1.807) is 27.7 Å². The van der Waals surface area contributed by atoms with Crippen molar-refractivity contribution in [3.63, 3.8) is 0 Å². The van der Waals surface area contributed by atoms with E-state index in [0.717, 1.165) is 0 Å². The minimum atomic E-state index is -1.69. The number of hydrogen-bond acceptors (Lipinski definition) is 2. The molecule has 0 aromatic heterocycles. The standard InChI is InChI=1S/C9H16O4.Li.H/c1-5-9(6(10)11,7(12)13)8(2,3)4;;/h5H2,1-4H3,(H,10,11)(H,12,13);;. The summed E-state index contributed by atoms with van der Waals surface area (Å²) in [6.45, 7) is 6.45. The van der Waals surface area contributed by atoms with Gasteiger partial charge in [0, 0.05) is 0 Å². The van der Waals surface area contributed by atoms with Crippen molar-refractivity contribution in [2.75, 3.05) is 0 Å². The van der Waals surface area contributed by atoms with E-state index in [9.17, 15) is 9.59 Å². The van der Waals surface area contributed by atoms with Gasteiger partial charge in [-0.2, -0.15) is 0 Å². The Kier molecular flexibility index (Phi) is 5.55. The van der Waals surface area contributed by atoms with Crippen LogP contribution in [0, 0.1) is 10.8 Å². The average molecular weight is 196 g/mol. The molecule has 0 radical (unpaired) electrons. The van der Waals surface area contributed by atoms with E-state index in [1.165, 1.54) is 0 Å². The van der Waals surface area contributed by atoms with Gasteiger partial charge in [-0.1, -0.05) is 27.7 Å². The van der Waals surface area contributed by atoms with Gasteiger partial charge in [0.1, 0.15) is 0 Å². The van der Waals surface area contributed by atoms with Crippen LogP contribution in [0.1, 0.15) is 34.1 Å². The molecule has 0 aromatic rings. The number of rotatable bonds is 3. The Morgan fingerprint density at radius 2 is 1.36 bits per heavy atom. The normalized spacial score (nSPS) is 11.7. The first-order valence-corrected chi connectivity index (χ1v) is 4.17. The van der Waals surface area contributed by atoms with Gasteiger partial charge < -0.3 is 10.2 Å². The Morgan fingerprint density at radius 1 is 1.07 bits per heavy atom. The van der Waals surface area contributed by atoms with Gasteiger partial charge in [0.05, 0.1) is 0 Å². The van der Waals surface area contributed by atoms with Crippen molar-refractivity contribution in [3.8, 4) is 0 Å². The molecule has 0 aliphatic heterocycles. The molecule has 4 nitrogen and oxygen atoms in total. The third-order valence-electron chi connectivity index (χ3n) is 2.54. The molecule has 0 bridgehead atoms. The summed E-state index contributed by atoms with van der Waals surface area (Å²) in [4.78, 5) is 21.9. The summed E-state index contributed by atoms with van der Waals surface area (Å²) in [7, 11) is 0. The fourth-order valence-corrected chi connectivity index (χ4v) is 1.57.